The Morgan fingerprint density at radius 2 is 1.97 bits per heavy atom. The maximum atomic E-state index is 12.7. The predicted octanol–water partition coefficient (Wildman–Crippen LogP) is 3.60. The van der Waals surface area contributed by atoms with Gasteiger partial charge in [-0.1, -0.05) is 41.6 Å². The van der Waals surface area contributed by atoms with Crippen LogP contribution in [0.4, 0.5) is 10.8 Å². The number of nitrogens with two attached hydrogens (primary N) is 1. The van der Waals surface area contributed by atoms with Crippen LogP contribution in [0.5, 0.6) is 0 Å². The van der Waals surface area contributed by atoms with Gasteiger partial charge >= 0.3 is 5.97 Å². The van der Waals surface area contributed by atoms with Gasteiger partial charge in [-0.15, -0.1) is 11.3 Å². The van der Waals surface area contributed by atoms with E-state index in [-0.39, 0.29) is 29.2 Å². The molecule has 0 aliphatic heterocycles. The van der Waals surface area contributed by atoms with Crippen LogP contribution >= 0.6 is 23.1 Å². The van der Waals surface area contributed by atoms with E-state index in [4.69, 9.17) is 10.5 Å². The van der Waals surface area contributed by atoms with Crippen LogP contribution in [0.25, 0.3) is 11.1 Å². The van der Waals surface area contributed by atoms with E-state index in [0.717, 1.165) is 39.4 Å². The number of aryl methyl sites for hydroxylation is 2. The van der Waals surface area contributed by atoms with E-state index in [1.165, 1.54) is 11.3 Å². The molecule has 0 aliphatic rings. The number of carbonyl (C=O) groups is 2. The van der Waals surface area contributed by atoms with Gasteiger partial charge < -0.3 is 20.8 Å². The molecular formula is C21H22N4O4S2. The number of hydrogen-bond donors (Lipinski definition) is 3. The van der Waals surface area contributed by atoms with Crippen molar-refractivity contribution < 1.29 is 14.3 Å². The summed E-state index contributed by atoms with van der Waals surface area (Å²) in [6.07, 6.45) is 0. The summed E-state index contributed by atoms with van der Waals surface area (Å²) in [5.41, 5.74) is 8.23. The van der Waals surface area contributed by atoms with Crippen molar-refractivity contribution in [2.75, 3.05) is 23.4 Å². The van der Waals surface area contributed by atoms with Gasteiger partial charge in [-0.3, -0.25) is 9.59 Å². The zero-order chi connectivity index (χ0) is 22.5. The van der Waals surface area contributed by atoms with Crippen molar-refractivity contribution in [2.45, 2.75) is 25.9 Å². The van der Waals surface area contributed by atoms with E-state index in [1.807, 2.05) is 38.1 Å². The highest BCUT2D eigenvalue weighted by Crippen LogP contribution is 2.40. The summed E-state index contributed by atoms with van der Waals surface area (Å²) in [4.78, 5) is 44.2. The third-order valence-electron chi connectivity index (χ3n) is 4.24. The first-order valence-electron chi connectivity index (χ1n) is 9.45. The Hall–Kier alpha value is -3.11. The van der Waals surface area contributed by atoms with E-state index in [1.54, 1.807) is 6.92 Å². The molecule has 0 saturated heterocycles. The monoisotopic (exact) mass is 458 g/mol. The summed E-state index contributed by atoms with van der Waals surface area (Å²) in [5, 5.41) is 3.46. The fraction of sp³-hybridized carbons (Fsp3) is 0.238. The summed E-state index contributed by atoms with van der Waals surface area (Å²) < 4.78 is 5.25. The van der Waals surface area contributed by atoms with Crippen LogP contribution in [-0.4, -0.2) is 34.2 Å². The summed E-state index contributed by atoms with van der Waals surface area (Å²) in [6, 6.07) is 8.98. The first kappa shape index (κ1) is 22.6. The largest absolute Gasteiger partial charge is 0.462 e. The lowest BCUT2D eigenvalue weighted by Gasteiger charge is -2.09. The molecule has 0 atom stereocenters. The number of ether oxygens (including phenoxy) is 1. The van der Waals surface area contributed by atoms with Crippen molar-refractivity contribution in [3.8, 4) is 11.1 Å². The van der Waals surface area contributed by atoms with Gasteiger partial charge in [0.25, 0.3) is 5.56 Å². The summed E-state index contributed by atoms with van der Waals surface area (Å²) >= 11 is 2.35. The lowest BCUT2D eigenvalue weighted by Crippen LogP contribution is -2.17. The average molecular weight is 459 g/mol. The van der Waals surface area contributed by atoms with Crippen molar-refractivity contribution in [3.63, 3.8) is 0 Å². The maximum absolute atomic E-state index is 12.7. The van der Waals surface area contributed by atoms with Crippen molar-refractivity contribution in [1.29, 1.82) is 0 Å². The number of nitrogen functional groups attached to an aromatic ring is 1. The number of hydrogen-bond acceptors (Lipinski definition) is 8. The number of rotatable bonds is 7. The first-order valence-corrected chi connectivity index (χ1v) is 11.3. The topological polar surface area (TPSA) is 127 Å². The van der Waals surface area contributed by atoms with Crippen LogP contribution in [0.1, 0.15) is 27.7 Å². The Morgan fingerprint density at radius 3 is 2.61 bits per heavy atom. The van der Waals surface area contributed by atoms with Crippen LogP contribution in [0.15, 0.2) is 40.3 Å². The second kappa shape index (κ2) is 9.80. The Morgan fingerprint density at radius 1 is 1.26 bits per heavy atom. The molecule has 4 N–H and O–H groups in total. The summed E-state index contributed by atoms with van der Waals surface area (Å²) in [5.74, 6) is -0.789. The molecule has 3 aromatic rings. The third kappa shape index (κ3) is 5.53. The Labute approximate surface area is 187 Å². The Kier molecular flexibility index (Phi) is 7.13. The Balaban J connectivity index is 1.86. The van der Waals surface area contributed by atoms with Gasteiger partial charge in [-0.25, -0.2) is 9.78 Å². The van der Waals surface area contributed by atoms with Crippen molar-refractivity contribution >= 4 is 45.8 Å². The number of nitrogens with zero attached hydrogens (tertiary/aromatic N) is 1. The molecular weight excluding hydrogens is 436 g/mol. The number of aromatic amines is 1. The molecule has 0 fully saturated rings. The minimum absolute atomic E-state index is 0.0223. The molecule has 0 unspecified atom stereocenters. The number of thioether (sulfide) groups is 1. The number of thiophene rings is 1. The van der Waals surface area contributed by atoms with E-state index < -0.39 is 11.5 Å². The fourth-order valence-corrected chi connectivity index (χ4v) is 4.68. The van der Waals surface area contributed by atoms with Gasteiger partial charge in [-0.05, 0) is 26.3 Å². The highest BCUT2D eigenvalue weighted by Gasteiger charge is 2.25. The molecule has 3 rings (SSSR count). The lowest BCUT2D eigenvalue weighted by molar-refractivity contribution is -0.113. The Bertz CT molecular complexity index is 1170. The maximum Gasteiger partial charge on any atom is 0.341 e. The fourth-order valence-electron chi connectivity index (χ4n) is 2.92. The number of carbonyl (C=O) groups excluding carboxylic acids is 2. The number of anilines is 2. The highest BCUT2D eigenvalue weighted by molar-refractivity contribution is 7.99. The van der Waals surface area contributed by atoms with Crippen LogP contribution in [0.3, 0.4) is 0 Å². The quantitative estimate of drug-likeness (QED) is 0.280. The molecule has 0 spiro atoms. The molecule has 0 aliphatic carbocycles. The van der Waals surface area contributed by atoms with Gasteiger partial charge in [0, 0.05) is 16.5 Å². The smallest absolute Gasteiger partial charge is 0.341 e. The van der Waals surface area contributed by atoms with Crippen LogP contribution in [-0.2, 0) is 9.53 Å². The van der Waals surface area contributed by atoms with E-state index >= 15 is 0 Å². The van der Waals surface area contributed by atoms with Crippen LogP contribution < -0.4 is 16.6 Å². The zero-order valence-corrected chi connectivity index (χ0v) is 18.9. The summed E-state index contributed by atoms with van der Waals surface area (Å²) in [7, 11) is 0. The molecule has 8 nitrogen and oxygen atoms in total. The van der Waals surface area contributed by atoms with E-state index in [9.17, 15) is 14.4 Å². The number of H-pyrrole nitrogens is 1. The second-order valence-electron chi connectivity index (χ2n) is 6.64. The molecule has 1 aromatic carbocycles. The molecule has 10 heteroatoms. The van der Waals surface area contributed by atoms with Crippen LogP contribution in [0.2, 0.25) is 0 Å². The molecule has 0 bridgehead atoms. The van der Waals surface area contributed by atoms with E-state index in [0.29, 0.717) is 10.6 Å². The van der Waals surface area contributed by atoms with Crippen LogP contribution in [0, 0.1) is 13.8 Å². The molecule has 31 heavy (non-hydrogen) atoms. The standard InChI is InChI=1S/C21H22N4O4S2/c1-4-29-20(28)18-17(13-7-5-11(2)6-8-13)12(3)31-19(18)24-16(27)10-30-21-23-14(22)9-15(26)25-21/h5-9H,4,10H2,1-3H3,(H,24,27)(H3,22,23,25,26). The molecule has 0 saturated carbocycles. The molecule has 1 amide bonds. The number of nitrogens with one attached hydrogen (secondary N) is 2. The van der Waals surface area contributed by atoms with Gasteiger partial charge in [-0.2, -0.15) is 0 Å². The molecule has 162 valence electrons. The first-order chi connectivity index (χ1) is 14.8. The zero-order valence-electron chi connectivity index (χ0n) is 17.3. The number of amides is 1. The van der Waals surface area contributed by atoms with Crippen molar-refractivity contribution in [2.24, 2.45) is 0 Å². The minimum Gasteiger partial charge on any atom is -0.462 e. The van der Waals surface area contributed by atoms with Crippen molar-refractivity contribution in [1.82, 2.24) is 9.97 Å². The second-order valence-corrected chi connectivity index (χ2v) is 8.82. The molecule has 0 radical (unpaired) electrons. The highest BCUT2D eigenvalue weighted by atomic mass is 32.2. The number of esters is 1. The van der Waals surface area contributed by atoms with E-state index in [2.05, 4.69) is 15.3 Å². The third-order valence-corrected chi connectivity index (χ3v) is 6.13. The van der Waals surface area contributed by atoms with Gasteiger partial charge in [0.2, 0.25) is 5.91 Å². The van der Waals surface area contributed by atoms with Gasteiger partial charge in [0.1, 0.15) is 16.4 Å². The normalized spacial score (nSPS) is 10.7. The summed E-state index contributed by atoms with van der Waals surface area (Å²) in [6.45, 7) is 5.84. The van der Waals surface area contributed by atoms with Gasteiger partial charge in [0.15, 0.2) is 5.16 Å². The van der Waals surface area contributed by atoms with Crippen molar-refractivity contribution in [3.05, 3.63) is 56.7 Å². The van der Waals surface area contributed by atoms with Gasteiger partial charge in [0.05, 0.1) is 12.4 Å². The SMILES string of the molecule is CCOC(=O)c1c(NC(=O)CSc2nc(N)cc(=O)[nH]2)sc(C)c1-c1ccc(C)cc1. The predicted molar refractivity (Wildman–Crippen MR) is 124 cm³/mol. The molecule has 2 heterocycles. The number of aromatic nitrogens is 2. The average Bonchev–Trinajstić information content (AvgIpc) is 3.02. The molecule has 2 aromatic heterocycles. The number of benzene rings is 1. The lowest BCUT2D eigenvalue weighted by atomic mass is 10.0. The minimum atomic E-state index is -0.493.